The summed E-state index contributed by atoms with van der Waals surface area (Å²) in [5, 5.41) is 13.6. The summed E-state index contributed by atoms with van der Waals surface area (Å²) in [4.78, 5) is 10.3. The van der Waals surface area contributed by atoms with E-state index in [1.54, 1.807) is 6.92 Å². The van der Waals surface area contributed by atoms with E-state index in [1.165, 1.54) is 18.2 Å². The monoisotopic (exact) mass is 287 g/mol. The van der Waals surface area contributed by atoms with Crippen LogP contribution >= 0.6 is 0 Å². The maximum atomic E-state index is 11.9. The molecule has 8 heteroatoms. The van der Waals surface area contributed by atoms with Crippen molar-refractivity contribution in [2.45, 2.75) is 25.2 Å². The summed E-state index contributed by atoms with van der Waals surface area (Å²) in [5.74, 6) is 0. The van der Waals surface area contributed by atoms with Crippen molar-refractivity contribution in [3.63, 3.8) is 0 Å². The molecule has 0 amide bonds. The number of nitrogens with one attached hydrogen (secondary N) is 2. The Morgan fingerprint density at radius 1 is 1.32 bits per heavy atom. The van der Waals surface area contributed by atoms with E-state index in [9.17, 15) is 18.5 Å². The van der Waals surface area contributed by atoms with Crippen LogP contribution in [0.5, 0.6) is 0 Å². The van der Waals surface area contributed by atoms with Crippen molar-refractivity contribution in [3.05, 3.63) is 28.3 Å². The van der Waals surface area contributed by atoms with Gasteiger partial charge in [-0.15, -0.1) is 0 Å². The first-order valence-corrected chi connectivity index (χ1v) is 7.42. The molecule has 2 N–H and O–H groups in total. The number of rotatable bonds is 7. The van der Waals surface area contributed by atoms with Gasteiger partial charge in [-0.05, 0) is 25.5 Å². The van der Waals surface area contributed by atoms with Crippen molar-refractivity contribution in [2.75, 3.05) is 18.4 Å². The van der Waals surface area contributed by atoms with Crippen molar-refractivity contribution < 1.29 is 13.3 Å². The maximum Gasteiger partial charge on any atom is 0.292 e. The molecule has 0 aliphatic heterocycles. The highest BCUT2D eigenvalue weighted by Gasteiger charge is 2.19. The average molecular weight is 287 g/mol. The molecule has 0 atom stereocenters. The molecule has 7 nitrogen and oxygen atoms in total. The molecule has 1 rings (SSSR count). The SMILES string of the molecule is CCCNS(=O)(=O)c1ccc([N+](=O)[O-])c(NCC)c1. The fourth-order valence-corrected chi connectivity index (χ4v) is 2.65. The molecule has 0 saturated carbocycles. The van der Waals surface area contributed by atoms with E-state index in [0.717, 1.165) is 0 Å². The second-order valence-electron chi connectivity index (χ2n) is 3.86. The number of nitro benzene ring substituents is 1. The minimum atomic E-state index is -3.62. The summed E-state index contributed by atoms with van der Waals surface area (Å²) in [7, 11) is -3.62. The normalized spacial score (nSPS) is 11.3. The number of benzene rings is 1. The highest BCUT2D eigenvalue weighted by atomic mass is 32.2. The van der Waals surface area contributed by atoms with E-state index in [1.807, 2.05) is 6.92 Å². The Labute approximate surface area is 112 Å². The maximum absolute atomic E-state index is 11.9. The zero-order valence-electron chi connectivity index (χ0n) is 10.8. The van der Waals surface area contributed by atoms with Gasteiger partial charge in [-0.3, -0.25) is 10.1 Å². The van der Waals surface area contributed by atoms with Gasteiger partial charge in [0.2, 0.25) is 10.0 Å². The molecule has 0 radical (unpaired) electrons. The van der Waals surface area contributed by atoms with Crippen molar-refractivity contribution in [1.29, 1.82) is 0 Å². The third-order valence-corrected chi connectivity index (χ3v) is 3.84. The molecule has 0 saturated heterocycles. The topological polar surface area (TPSA) is 101 Å². The molecule has 19 heavy (non-hydrogen) atoms. The van der Waals surface area contributed by atoms with Gasteiger partial charge < -0.3 is 5.32 Å². The first-order chi connectivity index (χ1) is 8.92. The molecule has 106 valence electrons. The van der Waals surface area contributed by atoms with Gasteiger partial charge >= 0.3 is 0 Å². The van der Waals surface area contributed by atoms with Gasteiger partial charge in [0, 0.05) is 19.2 Å². The van der Waals surface area contributed by atoms with Gasteiger partial charge in [0.15, 0.2) is 0 Å². The molecule has 0 fully saturated rings. The van der Waals surface area contributed by atoms with Crippen LogP contribution in [0, 0.1) is 10.1 Å². The number of nitrogens with zero attached hydrogens (tertiary/aromatic N) is 1. The van der Waals surface area contributed by atoms with Crippen LogP contribution in [0.25, 0.3) is 0 Å². The summed E-state index contributed by atoms with van der Waals surface area (Å²) < 4.78 is 26.3. The minimum Gasteiger partial charge on any atom is -0.380 e. The Balaban J connectivity index is 3.18. The van der Waals surface area contributed by atoms with Gasteiger partial charge in [-0.2, -0.15) is 0 Å². The van der Waals surface area contributed by atoms with Gasteiger partial charge in [0.1, 0.15) is 5.69 Å². The minimum absolute atomic E-state index is 0.0162. The largest absolute Gasteiger partial charge is 0.380 e. The number of nitro groups is 1. The molecule has 1 aromatic carbocycles. The predicted octanol–water partition coefficient (Wildman–Crippen LogP) is 1.71. The van der Waals surface area contributed by atoms with Gasteiger partial charge in [-0.25, -0.2) is 13.1 Å². The van der Waals surface area contributed by atoms with E-state index in [2.05, 4.69) is 10.0 Å². The summed E-state index contributed by atoms with van der Waals surface area (Å²) in [5.41, 5.74) is 0.0585. The number of hydrogen-bond acceptors (Lipinski definition) is 5. The molecular formula is C11H17N3O4S. The third kappa shape index (κ3) is 3.90. The van der Waals surface area contributed by atoms with Crippen molar-refractivity contribution in [1.82, 2.24) is 4.72 Å². The Morgan fingerprint density at radius 2 is 2.00 bits per heavy atom. The quantitative estimate of drug-likeness (QED) is 0.587. The van der Waals surface area contributed by atoms with E-state index in [4.69, 9.17) is 0 Å². The number of hydrogen-bond donors (Lipinski definition) is 2. The van der Waals surface area contributed by atoms with Crippen molar-refractivity contribution in [3.8, 4) is 0 Å². The van der Waals surface area contributed by atoms with Crippen molar-refractivity contribution in [2.24, 2.45) is 0 Å². The summed E-state index contributed by atoms with van der Waals surface area (Å²) >= 11 is 0. The Kier molecular flexibility index (Phi) is 5.25. The molecule has 0 spiro atoms. The molecule has 0 aromatic heterocycles. The standard InChI is InChI=1S/C11H17N3O4S/c1-3-7-13-19(17,18)9-5-6-11(14(15)16)10(8-9)12-4-2/h5-6,8,12-13H,3-4,7H2,1-2H3. The lowest BCUT2D eigenvalue weighted by atomic mass is 10.2. The van der Waals surface area contributed by atoms with Gasteiger partial charge in [0.25, 0.3) is 5.69 Å². The summed E-state index contributed by atoms with van der Waals surface area (Å²) in [6.45, 7) is 4.42. The van der Waals surface area contributed by atoms with E-state index in [-0.39, 0.29) is 16.3 Å². The van der Waals surface area contributed by atoms with Crippen LogP contribution in [0.4, 0.5) is 11.4 Å². The van der Waals surface area contributed by atoms with E-state index >= 15 is 0 Å². The van der Waals surface area contributed by atoms with Crippen LogP contribution in [-0.4, -0.2) is 26.4 Å². The van der Waals surface area contributed by atoms with Gasteiger partial charge in [0.05, 0.1) is 9.82 Å². The lowest BCUT2D eigenvalue weighted by Crippen LogP contribution is -2.24. The molecule has 0 aliphatic carbocycles. The number of sulfonamides is 1. The second kappa shape index (κ2) is 6.48. The smallest absolute Gasteiger partial charge is 0.292 e. The third-order valence-electron chi connectivity index (χ3n) is 2.38. The van der Waals surface area contributed by atoms with E-state index < -0.39 is 14.9 Å². The first kappa shape index (κ1) is 15.4. The molecular weight excluding hydrogens is 270 g/mol. The highest BCUT2D eigenvalue weighted by Crippen LogP contribution is 2.27. The Hall–Kier alpha value is -1.67. The predicted molar refractivity (Wildman–Crippen MR) is 72.7 cm³/mol. The zero-order valence-corrected chi connectivity index (χ0v) is 11.7. The fourth-order valence-electron chi connectivity index (χ4n) is 1.49. The zero-order chi connectivity index (χ0) is 14.5. The van der Waals surface area contributed by atoms with E-state index in [0.29, 0.717) is 19.5 Å². The highest BCUT2D eigenvalue weighted by molar-refractivity contribution is 7.89. The van der Waals surface area contributed by atoms with Crippen LogP contribution in [0.3, 0.4) is 0 Å². The first-order valence-electron chi connectivity index (χ1n) is 5.94. The molecule has 1 aromatic rings. The fraction of sp³-hybridized carbons (Fsp3) is 0.455. The lowest BCUT2D eigenvalue weighted by molar-refractivity contribution is -0.384. The summed E-state index contributed by atoms with van der Waals surface area (Å²) in [6.07, 6.45) is 0.673. The molecule has 0 aliphatic rings. The van der Waals surface area contributed by atoms with Crippen LogP contribution in [0.15, 0.2) is 23.1 Å². The van der Waals surface area contributed by atoms with Crippen LogP contribution in [0.2, 0.25) is 0 Å². The van der Waals surface area contributed by atoms with Gasteiger partial charge in [-0.1, -0.05) is 6.92 Å². The average Bonchev–Trinajstić information content (AvgIpc) is 2.36. The van der Waals surface area contributed by atoms with Crippen LogP contribution < -0.4 is 10.0 Å². The van der Waals surface area contributed by atoms with Crippen LogP contribution in [-0.2, 0) is 10.0 Å². The second-order valence-corrected chi connectivity index (χ2v) is 5.63. The van der Waals surface area contributed by atoms with Crippen molar-refractivity contribution >= 4 is 21.4 Å². The molecule has 0 bridgehead atoms. The Morgan fingerprint density at radius 3 is 2.53 bits per heavy atom. The number of anilines is 1. The molecule has 0 unspecified atom stereocenters. The lowest BCUT2D eigenvalue weighted by Gasteiger charge is -2.09. The summed E-state index contributed by atoms with van der Waals surface area (Å²) in [6, 6.07) is 3.70. The Bertz CT molecular complexity index is 557. The molecule has 0 heterocycles. The van der Waals surface area contributed by atoms with Crippen LogP contribution in [0.1, 0.15) is 20.3 Å².